The highest BCUT2D eigenvalue weighted by Crippen LogP contribution is 2.41. The average molecular weight is 152 g/mol. The molecule has 1 saturated carbocycles. The first-order chi connectivity index (χ1) is 4.33. The zero-order valence-electron chi connectivity index (χ0n) is 5.64. The first-order valence-electron chi connectivity index (χ1n) is 3.12. The van der Waals surface area contributed by atoms with Gasteiger partial charge in [0.1, 0.15) is 0 Å². The molecule has 1 aliphatic rings. The van der Waals surface area contributed by atoms with Gasteiger partial charge in [-0.1, -0.05) is 0 Å². The standard InChI is InChI=1S/C6H10F2O2/c1-5(10)3-6(7,8)2-4(5)9/h4,9-10H,2-3H2,1H3. The molecule has 1 aliphatic carbocycles. The number of hydrogen-bond donors (Lipinski definition) is 2. The molecule has 2 atom stereocenters. The molecule has 2 nitrogen and oxygen atoms in total. The molecule has 2 N–H and O–H groups in total. The molecule has 1 rings (SSSR count). The minimum Gasteiger partial charge on any atom is -0.390 e. The van der Waals surface area contributed by atoms with Crippen LogP contribution in [0.3, 0.4) is 0 Å². The van der Waals surface area contributed by atoms with Crippen molar-refractivity contribution in [2.75, 3.05) is 0 Å². The first kappa shape index (κ1) is 7.88. The summed E-state index contributed by atoms with van der Waals surface area (Å²) in [5.74, 6) is -2.90. The van der Waals surface area contributed by atoms with Gasteiger partial charge in [-0.2, -0.15) is 0 Å². The molecule has 0 aliphatic heterocycles. The summed E-state index contributed by atoms with van der Waals surface area (Å²) in [5, 5.41) is 17.9. The Labute approximate surface area is 57.5 Å². The molecule has 0 heterocycles. The molecule has 0 aromatic rings. The second-order valence-electron chi connectivity index (χ2n) is 3.11. The van der Waals surface area contributed by atoms with E-state index in [1.165, 1.54) is 6.92 Å². The zero-order valence-corrected chi connectivity index (χ0v) is 5.64. The van der Waals surface area contributed by atoms with Gasteiger partial charge in [0.15, 0.2) is 0 Å². The van der Waals surface area contributed by atoms with Crippen LogP contribution >= 0.6 is 0 Å². The highest BCUT2D eigenvalue weighted by molar-refractivity contribution is 4.97. The van der Waals surface area contributed by atoms with Gasteiger partial charge in [-0.05, 0) is 6.92 Å². The molecule has 0 spiro atoms. The molecule has 0 saturated heterocycles. The van der Waals surface area contributed by atoms with Crippen molar-refractivity contribution in [1.29, 1.82) is 0 Å². The van der Waals surface area contributed by atoms with E-state index in [9.17, 15) is 8.78 Å². The van der Waals surface area contributed by atoms with Crippen LogP contribution < -0.4 is 0 Å². The lowest BCUT2D eigenvalue weighted by molar-refractivity contribution is -0.0466. The molecule has 10 heavy (non-hydrogen) atoms. The van der Waals surface area contributed by atoms with Gasteiger partial charge >= 0.3 is 0 Å². The van der Waals surface area contributed by atoms with Crippen LogP contribution in [0, 0.1) is 0 Å². The van der Waals surface area contributed by atoms with E-state index in [4.69, 9.17) is 10.2 Å². The third-order valence-electron chi connectivity index (χ3n) is 1.83. The first-order valence-corrected chi connectivity index (χ1v) is 3.12. The Morgan fingerprint density at radius 2 is 2.00 bits per heavy atom. The third kappa shape index (κ3) is 1.27. The summed E-state index contributed by atoms with van der Waals surface area (Å²) in [7, 11) is 0. The quantitative estimate of drug-likeness (QED) is 0.531. The predicted molar refractivity (Wildman–Crippen MR) is 30.8 cm³/mol. The van der Waals surface area contributed by atoms with Crippen molar-refractivity contribution >= 4 is 0 Å². The van der Waals surface area contributed by atoms with Crippen LogP contribution in [-0.2, 0) is 0 Å². The van der Waals surface area contributed by atoms with Crippen LogP contribution in [-0.4, -0.2) is 27.8 Å². The fourth-order valence-corrected chi connectivity index (χ4v) is 1.22. The van der Waals surface area contributed by atoms with E-state index in [-0.39, 0.29) is 0 Å². The monoisotopic (exact) mass is 152 g/mol. The Kier molecular flexibility index (Phi) is 1.49. The maximum absolute atomic E-state index is 12.4. The van der Waals surface area contributed by atoms with Crippen molar-refractivity contribution in [3.05, 3.63) is 0 Å². The second kappa shape index (κ2) is 1.89. The SMILES string of the molecule is CC1(O)CC(F)(F)CC1O. The smallest absolute Gasteiger partial charge is 0.253 e. The Morgan fingerprint density at radius 3 is 2.10 bits per heavy atom. The van der Waals surface area contributed by atoms with Gasteiger partial charge in [-0.25, -0.2) is 8.78 Å². The van der Waals surface area contributed by atoms with Gasteiger partial charge < -0.3 is 10.2 Å². The summed E-state index contributed by atoms with van der Waals surface area (Å²) >= 11 is 0. The molecular weight excluding hydrogens is 142 g/mol. The van der Waals surface area contributed by atoms with Crippen molar-refractivity contribution < 1.29 is 19.0 Å². The van der Waals surface area contributed by atoms with Gasteiger partial charge in [0.2, 0.25) is 0 Å². The maximum atomic E-state index is 12.4. The van der Waals surface area contributed by atoms with Crippen molar-refractivity contribution in [2.24, 2.45) is 0 Å². The predicted octanol–water partition coefficient (Wildman–Crippen LogP) is 0.527. The summed E-state index contributed by atoms with van der Waals surface area (Å²) in [4.78, 5) is 0. The van der Waals surface area contributed by atoms with Crippen molar-refractivity contribution in [3.8, 4) is 0 Å². The highest BCUT2D eigenvalue weighted by Gasteiger charge is 2.52. The number of rotatable bonds is 0. The van der Waals surface area contributed by atoms with Gasteiger partial charge in [-0.3, -0.25) is 0 Å². The molecule has 60 valence electrons. The number of aliphatic hydroxyl groups excluding tert-OH is 1. The summed E-state index contributed by atoms with van der Waals surface area (Å²) in [6, 6.07) is 0. The fraction of sp³-hybridized carbons (Fsp3) is 1.00. The van der Waals surface area contributed by atoms with E-state index in [0.717, 1.165) is 0 Å². The summed E-state index contributed by atoms with van der Waals surface area (Å²) < 4.78 is 24.7. The molecule has 4 heteroatoms. The van der Waals surface area contributed by atoms with Gasteiger partial charge in [0, 0.05) is 12.8 Å². The largest absolute Gasteiger partial charge is 0.390 e. The minimum atomic E-state index is -2.90. The zero-order chi connectivity index (χ0) is 7.99. The highest BCUT2D eigenvalue weighted by atomic mass is 19.3. The molecule has 1 fully saturated rings. The number of aliphatic hydroxyl groups is 2. The number of alkyl halides is 2. The topological polar surface area (TPSA) is 40.5 Å². The molecule has 0 bridgehead atoms. The van der Waals surface area contributed by atoms with Crippen LogP contribution in [0.25, 0.3) is 0 Å². The van der Waals surface area contributed by atoms with Gasteiger partial charge in [0.25, 0.3) is 5.92 Å². The molecule has 0 aromatic heterocycles. The van der Waals surface area contributed by atoms with Gasteiger partial charge in [-0.15, -0.1) is 0 Å². The maximum Gasteiger partial charge on any atom is 0.253 e. The lowest BCUT2D eigenvalue weighted by atomic mass is 10.0. The van der Waals surface area contributed by atoms with Crippen molar-refractivity contribution in [1.82, 2.24) is 0 Å². The number of hydrogen-bond acceptors (Lipinski definition) is 2. The molecule has 2 unspecified atom stereocenters. The second-order valence-corrected chi connectivity index (χ2v) is 3.11. The van der Waals surface area contributed by atoms with Crippen molar-refractivity contribution in [3.63, 3.8) is 0 Å². The minimum absolute atomic E-state index is 0.625. The third-order valence-corrected chi connectivity index (χ3v) is 1.83. The van der Waals surface area contributed by atoms with E-state index < -0.39 is 30.5 Å². The molecular formula is C6H10F2O2. The lowest BCUT2D eigenvalue weighted by Crippen LogP contribution is -2.33. The van der Waals surface area contributed by atoms with Crippen LogP contribution in [0.4, 0.5) is 8.78 Å². The lowest BCUT2D eigenvalue weighted by Gasteiger charge is -2.19. The van der Waals surface area contributed by atoms with Crippen molar-refractivity contribution in [2.45, 2.75) is 37.4 Å². The summed E-state index contributed by atoms with van der Waals surface area (Å²) in [6.07, 6.45) is -2.55. The Bertz CT molecular complexity index is 145. The summed E-state index contributed by atoms with van der Waals surface area (Å²) in [6.45, 7) is 1.22. The van der Waals surface area contributed by atoms with E-state index in [2.05, 4.69) is 0 Å². The Morgan fingerprint density at radius 1 is 1.50 bits per heavy atom. The Hall–Kier alpha value is -0.220. The van der Waals surface area contributed by atoms with Crippen LogP contribution in [0.5, 0.6) is 0 Å². The van der Waals surface area contributed by atoms with E-state index >= 15 is 0 Å². The average Bonchev–Trinajstić information content (AvgIpc) is 1.73. The van der Waals surface area contributed by atoms with Crippen LogP contribution in [0.1, 0.15) is 19.8 Å². The van der Waals surface area contributed by atoms with E-state index in [1.807, 2.05) is 0 Å². The Balaban J connectivity index is 2.71. The van der Waals surface area contributed by atoms with Crippen LogP contribution in [0.15, 0.2) is 0 Å². The van der Waals surface area contributed by atoms with E-state index in [1.54, 1.807) is 0 Å². The number of halogens is 2. The molecule has 0 amide bonds. The van der Waals surface area contributed by atoms with Crippen LogP contribution in [0.2, 0.25) is 0 Å². The fourth-order valence-electron chi connectivity index (χ4n) is 1.22. The molecule has 0 aromatic carbocycles. The molecule has 0 radical (unpaired) electrons. The normalized spacial score (nSPS) is 45.9. The summed E-state index contributed by atoms with van der Waals surface area (Å²) in [5.41, 5.74) is -1.61. The van der Waals surface area contributed by atoms with E-state index in [0.29, 0.717) is 0 Å². The van der Waals surface area contributed by atoms with Gasteiger partial charge in [0.05, 0.1) is 11.7 Å².